The summed E-state index contributed by atoms with van der Waals surface area (Å²) in [5, 5.41) is 14.1. The lowest BCUT2D eigenvalue weighted by Gasteiger charge is -2.58. The van der Waals surface area contributed by atoms with Gasteiger partial charge in [-0.25, -0.2) is 12.8 Å². The van der Waals surface area contributed by atoms with Gasteiger partial charge in [0.15, 0.2) is 0 Å². The summed E-state index contributed by atoms with van der Waals surface area (Å²) in [6.45, 7) is 1.98. The number of halogens is 1. The van der Waals surface area contributed by atoms with Crippen LogP contribution in [-0.2, 0) is 14.8 Å². The van der Waals surface area contributed by atoms with Gasteiger partial charge in [0.2, 0.25) is 15.9 Å². The summed E-state index contributed by atoms with van der Waals surface area (Å²) in [6, 6.07) is 4.78. The molecule has 6 rings (SSSR count). The molecule has 0 radical (unpaired) electrons. The van der Waals surface area contributed by atoms with E-state index in [4.69, 9.17) is 0 Å². The lowest BCUT2D eigenvalue weighted by molar-refractivity contribution is -0.151. The minimum Gasteiger partial charge on any atom is -0.390 e. The van der Waals surface area contributed by atoms with Crippen LogP contribution in [0.15, 0.2) is 29.2 Å². The summed E-state index contributed by atoms with van der Waals surface area (Å²) in [5.74, 6) is 0.310. The maximum absolute atomic E-state index is 13.6. The number of piperidine rings is 1. The molecule has 1 aliphatic heterocycles. The van der Waals surface area contributed by atoms with Gasteiger partial charge in [0.05, 0.1) is 10.5 Å². The number of carbonyl (C=O) groups is 1. The molecule has 3 atom stereocenters. The largest absolute Gasteiger partial charge is 0.390 e. The molecule has 1 amide bonds. The Morgan fingerprint density at radius 3 is 2.39 bits per heavy atom. The zero-order valence-electron chi connectivity index (χ0n) is 17.9. The molecule has 4 saturated carbocycles. The van der Waals surface area contributed by atoms with Crippen LogP contribution in [0.1, 0.15) is 58.3 Å². The number of benzene rings is 1. The molecule has 6 nitrogen and oxygen atoms in total. The molecule has 31 heavy (non-hydrogen) atoms. The Balaban J connectivity index is 1.40. The molecule has 4 bridgehead atoms. The van der Waals surface area contributed by atoms with Gasteiger partial charge in [-0.05, 0) is 100 Å². The van der Waals surface area contributed by atoms with Crippen molar-refractivity contribution >= 4 is 15.9 Å². The first-order chi connectivity index (χ1) is 14.6. The lowest BCUT2D eigenvalue weighted by atomic mass is 9.52. The first kappa shape index (κ1) is 21.3. The second-order valence-electron chi connectivity index (χ2n) is 10.5. The zero-order valence-corrected chi connectivity index (χ0v) is 18.7. The quantitative estimate of drug-likeness (QED) is 0.739. The average molecular weight is 451 g/mol. The van der Waals surface area contributed by atoms with Gasteiger partial charge >= 0.3 is 0 Å². The normalized spacial score (nSPS) is 40.1. The van der Waals surface area contributed by atoms with Crippen LogP contribution in [0.25, 0.3) is 0 Å². The first-order valence-electron chi connectivity index (χ1n) is 11.4. The Hall–Kier alpha value is -1.51. The summed E-state index contributed by atoms with van der Waals surface area (Å²) < 4.78 is 41.4. The van der Waals surface area contributed by atoms with Gasteiger partial charge in [-0.15, -0.1) is 0 Å². The highest BCUT2D eigenvalue weighted by atomic mass is 32.2. The number of nitrogens with zero attached hydrogens (tertiary/aromatic N) is 1. The minimum absolute atomic E-state index is 0.00143. The van der Waals surface area contributed by atoms with E-state index >= 15 is 0 Å². The van der Waals surface area contributed by atoms with E-state index in [1.807, 2.05) is 0 Å². The van der Waals surface area contributed by atoms with E-state index in [0.717, 1.165) is 50.7 Å². The van der Waals surface area contributed by atoms with E-state index in [1.165, 1.54) is 16.4 Å². The summed E-state index contributed by atoms with van der Waals surface area (Å²) >= 11 is 0. The van der Waals surface area contributed by atoms with Gasteiger partial charge in [0.25, 0.3) is 0 Å². The van der Waals surface area contributed by atoms with E-state index in [9.17, 15) is 22.7 Å². The molecule has 5 fully saturated rings. The molecule has 1 aromatic rings. The van der Waals surface area contributed by atoms with Crippen LogP contribution < -0.4 is 5.32 Å². The Labute approximate surface area is 183 Å². The van der Waals surface area contributed by atoms with Crippen LogP contribution in [0.4, 0.5) is 4.39 Å². The fraction of sp³-hybridized carbons (Fsp3) is 0.696. The smallest absolute Gasteiger partial charge is 0.244 e. The Bertz CT molecular complexity index is 966. The van der Waals surface area contributed by atoms with Crippen molar-refractivity contribution < 1.29 is 22.7 Å². The fourth-order valence-corrected chi connectivity index (χ4v) is 8.77. The van der Waals surface area contributed by atoms with Gasteiger partial charge in [0, 0.05) is 12.6 Å². The summed E-state index contributed by atoms with van der Waals surface area (Å²) in [7, 11) is -3.94. The molecule has 0 spiro atoms. The molecule has 2 N–H and O–H groups in total. The van der Waals surface area contributed by atoms with Crippen molar-refractivity contribution in [2.75, 3.05) is 6.54 Å². The van der Waals surface area contributed by atoms with Crippen LogP contribution >= 0.6 is 0 Å². The lowest BCUT2D eigenvalue weighted by Crippen LogP contribution is -2.66. The topological polar surface area (TPSA) is 86.7 Å². The van der Waals surface area contributed by atoms with Crippen LogP contribution in [0.5, 0.6) is 0 Å². The van der Waals surface area contributed by atoms with Gasteiger partial charge in [-0.2, -0.15) is 4.31 Å². The highest BCUT2D eigenvalue weighted by Gasteiger charge is 2.56. The number of sulfonamides is 1. The van der Waals surface area contributed by atoms with Crippen molar-refractivity contribution in [3.05, 3.63) is 30.1 Å². The monoisotopic (exact) mass is 450 g/mol. The van der Waals surface area contributed by atoms with Crippen molar-refractivity contribution in [1.82, 2.24) is 9.62 Å². The number of rotatable bonds is 4. The maximum Gasteiger partial charge on any atom is 0.244 e. The van der Waals surface area contributed by atoms with Crippen molar-refractivity contribution in [1.29, 1.82) is 0 Å². The third kappa shape index (κ3) is 3.51. The van der Waals surface area contributed by atoms with E-state index in [-0.39, 0.29) is 35.2 Å². The van der Waals surface area contributed by atoms with Crippen molar-refractivity contribution in [2.24, 2.45) is 17.8 Å². The number of carbonyl (C=O) groups excluding carboxylic acids is 1. The van der Waals surface area contributed by atoms with Gasteiger partial charge in [-0.1, -0.05) is 0 Å². The Morgan fingerprint density at radius 1 is 1.13 bits per heavy atom. The van der Waals surface area contributed by atoms with Crippen LogP contribution in [0, 0.1) is 23.6 Å². The molecule has 4 aliphatic carbocycles. The van der Waals surface area contributed by atoms with Crippen molar-refractivity contribution in [3.8, 4) is 0 Å². The number of amides is 1. The third-order valence-electron chi connectivity index (χ3n) is 8.25. The molecule has 5 aliphatic rings. The zero-order chi connectivity index (χ0) is 22.0. The Morgan fingerprint density at radius 2 is 1.77 bits per heavy atom. The number of nitrogens with one attached hydrogen (secondary N) is 1. The molecule has 0 aromatic heterocycles. The number of hydrogen-bond donors (Lipinski definition) is 2. The summed E-state index contributed by atoms with van der Waals surface area (Å²) in [6.07, 6.45) is 6.29. The van der Waals surface area contributed by atoms with Crippen LogP contribution in [0.2, 0.25) is 0 Å². The highest BCUT2D eigenvalue weighted by molar-refractivity contribution is 7.89. The molecule has 8 heteroatoms. The van der Waals surface area contributed by atoms with E-state index in [0.29, 0.717) is 18.8 Å². The molecule has 170 valence electrons. The molecular weight excluding hydrogens is 419 g/mol. The third-order valence-corrected chi connectivity index (χ3v) is 10.3. The predicted molar refractivity (Wildman–Crippen MR) is 113 cm³/mol. The number of aliphatic hydroxyl groups is 1. The maximum atomic E-state index is 13.6. The fourth-order valence-electron chi connectivity index (χ4n) is 6.97. The van der Waals surface area contributed by atoms with Crippen LogP contribution in [-0.4, -0.2) is 47.5 Å². The van der Waals surface area contributed by atoms with Crippen molar-refractivity contribution in [3.63, 3.8) is 0 Å². The van der Waals surface area contributed by atoms with Crippen LogP contribution in [0.3, 0.4) is 0 Å². The van der Waals surface area contributed by atoms with Gasteiger partial charge in [-0.3, -0.25) is 4.79 Å². The predicted octanol–water partition coefficient (Wildman–Crippen LogP) is 2.81. The Kier molecular flexibility index (Phi) is 4.99. The van der Waals surface area contributed by atoms with Gasteiger partial charge < -0.3 is 10.4 Å². The van der Waals surface area contributed by atoms with E-state index < -0.39 is 27.0 Å². The molecule has 2 unspecified atom stereocenters. The second-order valence-corrected chi connectivity index (χ2v) is 12.3. The van der Waals surface area contributed by atoms with E-state index in [1.54, 1.807) is 6.92 Å². The number of hydrogen-bond acceptors (Lipinski definition) is 4. The van der Waals surface area contributed by atoms with Gasteiger partial charge in [0.1, 0.15) is 11.4 Å². The minimum atomic E-state index is -3.94. The molecule has 1 saturated heterocycles. The molecular formula is C23H31FN2O4S. The summed E-state index contributed by atoms with van der Waals surface area (Å²) in [5.41, 5.74) is -1.76. The van der Waals surface area contributed by atoms with Crippen molar-refractivity contribution in [2.45, 2.75) is 80.4 Å². The SMILES string of the molecule is C[C@]1(C(=O)NC2C3CC4CC2CC(O)(C4)C3)CCCCN1S(=O)(=O)c1ccc(F)cc1. The molecule has 1 heterocycles. The second kappa shape index (κ2) is 7.25. The molecule has 1 aromatic carbocycles. The highest BCUT2D eigenvalue weighted by Crippen LogP contribution is 2.55. The summed E-state index contributed by atoms with van der Waals surface area (Å²) in [4.78, 5) is 13.6. The first-order valence-corrected chi connectivity index (χ1v) is 12.9. The standard InChI is InChI=1S/C23H31FN2O4S/c1-22(8-2-3-9-26(22)31(29,30)19-6-4-18(24)5-7-19)21(27)25-20-16-10-15-11-17(20)14-23(28,12-15)13-16/h4-7,15-17,20,28H,2-3,8-14H2,1H3,(H,25,27)/t15?,16?,17?,20?,22-,23?/m1/s1. The average Bonchev–Trinajstić information content (AvgIpc) is 2.70. The van der Waals surface area contributed by atoms with E-state index in [2.05, 4.69) is 5.32 Å².